The van der Waals surface area contributed by atoms with Crippen molar-refractivity contribution in [3.63, 3.8) is 0 Å². The topological polar surface area (TPSA) is 78.1 Å². The fourth-order valence-corrected chi connectivity index (χ4v) is 3.37. The summed E-state index contributed by atoms with van der Waals surface area (Å²) in [6.07, 6.45) is 1.17. The van der Waals surface area contributed by atoms with Crippen molar-refractivity contribution in [3.05, 3.63) is 65.4 Å². The summed E-state index contributed by atoms with van der Waals surface area (Å²) in [5.41, 5.74) is 3.70. The molecule has 0 atom stereocenters. The van der Waals surface area contributed by atoms with Crippen LogP contribution in [0.4, 0.5) is 0 Å². The summed E-state index contributed by atoms with van der Waals surface area (Å²) in [5.74, 6) is -0.203. The molecule has 6 heteroatoms. The largest absolute Gasteiger partial charge is 0.350 e. The van der Waals surface area contributed by atoms with Crippen LogP contribution in [0, 0.1) is 0 Å². The van der Waals surface area contributed by atoms with E-state index in [0.717, 1.165) is 23.9 Å². The lowest BCUT2D eigenvalue weighted by Gasteiger charge is -2.29. The van der Waals surface area contributed by atoms with Crippen LogP contribution in [0.3, 0.4) is 0 Å². The molecule has 0 aliphatic carbocycles. The third-order valence-corrected chi connectivity index (χ3v) is 4.79. The number of fused-ring (bicyclic) bond motifs is 2. The smallest absolute Gasteiger partial charge is 0.272 e. The maximum atomic E-state index is 12.4. The average Bonchev–Trinajstić information content (AvgIpc) is 3.11. The standard InChI is InChI=1S/C20H20N4O2/c25-18(24-12-10-14-5-1-2-6-15(14)13-24)9-11-21-20(26)19-16-7-3-4-8-17(16)22-23-19/h1-8H,9-13H2,(H,21,26)(H,22,23). The SMILES string of the molecule is O=C(NCCC(=O)N1CCc2ccccc2C1)c1n[nH]c2ccccc12. The molecule has 0 fully saturated rings. The fourth-order valence-electron chi connectivity index (χ4n) is 3.37. The molecule has 0 spiro atoms. The molecule has 1 aliphatic heterocycles. The minimum atomic E-state index is -0.265. The number of carbonyl (C=O) groups is 2. The first-order valence-electron chi connectivity index (χ1n) is 8.78. The molecule has 3 aromatic rings. The Morgan fingerprint density at radius 1 is 1.08 bits per heavy atom. The van der Waals surface area contributed by atoms with E-state index in [1.807, 2.05) is 41.3 Å². The van der Waals surface area contributed by atoms with Gasteiger partial charge in [0.25, 0.3) is 5.91 Å². The molecule has 0 radical (unpaired) electrons. The highest BCUT2D eigenvalue weighted by Crippen LogP contribution is 2.19. The summed E-state index contributed by atoms with van der Waals surface area (Å²) >= 11 is 0. The van der Waals surface area contributed by atoms with E-state index >= 15 is 0 Å². The van der Waals surface area contributed by atoms with Crippen molar-refractivity contribution in [2.75, 3.05) is 13.1 Å². The van der Waals surface area contributed by atoms with Crippen molar-refractivity contribution >= 4 is 22.7 Å². The second-order valence-corrected chi connectivity index (χ2v) is 6.46. The van der Waals surface area contributed by atoms with Crippen LogP contribution in [0.5, 0.6) is 0 Å². The Labute approximate surface area is 151 Å². The van der Waals surface area contributed by atoms with Crippen LogP contribution in [-0.4, -0.2) is 40.0 Å². The second-order valence-electron chi connectivity index (χ2n) is 6.46. The lowest BCUT2D eigenvalue weighted by molar-refractivity contribution is -0.131. The quantitative estimate of drug-likeness (QED) is 0.759. The van der Waals surface area contributed by atoms with Crippen molar-refractivity contribution in [3.8, 4) is 0 Å². The van der Waals surface area contributed by atoms with E-state index in [4.69, 9.17) is 0 Å². The van der Waals surface area contributed by atoms with E-state index in [-0.39, 0.29) is 18.2 Å². The van der Waals surface area contributed by atoms with Gasteiger partial charge in [-0.05, 0) is 23.6 Å². The predicted molar refractivity (Wildman–Crippen MR) is 98.6 cm³/mol. The van der Waals surface area contributed by atoms with Gasteiger partial charge in [0.1, 0.15) is 0 Å². The van der Waals surface area contributed by atoms with Crippen LogP contribution in [0.2, 0.25) is 0 Å². The number of para-hydroxylation sites is 1. The number of hydrogen-bond acceptors (Lipinski definition) is 3. The lowest BCUT2D eigenvalue weighted by atomic mass is 10.00. The van der Waals surface area contributed by atoms with Gasteiger partial charge in [-0.1, -0.05) is 42.5 Å². The van der Waals surface area contributed by atoms with E-state index in [1.165, 1.54) is 11.1 Å². The Kier molecular flexibility index (Phi) is 4.39. The molecule has 132 valence electrons. The number of nitrogens with zero attached hydrogens (tertiary/aromatic N) is 2. The molecule has 26 heavy (non-hydrogen) atoms. The molecule has 2 heterocycles. The molecule has 2 aromatic carbocycles. The minimum Gasteiger partial charge on any atom is -0.350 e. The molecule has 1 aromatic heterocycles. The Hall–Kier alpha value is -3.15. The van der Waals surface area contributed by atoms with Gasteiger partial charge in [0.2, 0.25) is 5.91 Å². The van der Waals surface area contributed by atoms with Crippen molar-refractivity contribution in [2.24, 2.45) is 0 Å². The first-order chi connectivity index (χ1) is 12.7. The van der Waals surface area contributed by atoms with Crippen LogP contribution in [0.1, 0.15) is 28.0 Å². The lowest BCUT2D eigenvalue weighted by Crippen LogP contribution is -2.38. The van der Waals surface area contributed by atoms with Gasteiger partial charge >= 0.3 is 0 Å². The molecule has 2 amide bonds. The van der Waals surface area contributed by atoms with Crippen LogP contribution in [-0.2, 0) is 17.8 Å². The van der Waals surface area contributed by atoms with Crippen LogP contribution < -0.4 is 5.32 Å². The Morgan fingerprint density at radius 2 is 1.85 bits per heavy atom. The third-order valence-electron chi connectivity index (χ3n) is 4.79. The number of carbonyl (C=O) groups excluding carboxylic acids is 2. The number of aromatic nitrogens is 2. The molecular weight excluding hydrogens is 328 g/mol. The Balaban J connectivity index is 1.32. The summed E-state index contributed by atoms with van der Waals surface area (Å²) in [6.45, 7) is 1.68. The predicted octanol–water partition coefficient (Wildman–Crippen LogP) is 2.27. The van der Waals surface area contributed by atoms with Crippen molar-refractivity contribution in [2.45, 2.75) is 19.4 Å². The van der Waals surface area contributed by atoms with Gasteiger partial charge < -0.3 is 10.2 Å². The van der Waals surface area contributed by atoms with E-state index in [9.17, 15) is 9.59 Å². The van der Waals surface area contributed by atoms with Crippen LogP contribution in [0.25, 0.3) is 10.9 Å². The molecule has 0 unspecified atom stereocenters. The summed E-state index contributed by atoms with van der Waals surface area (Å²) in [5, 5.41) is 10.5. The highest BCUT2D eigenvalue weighted by molar-refractivity contribution is 6.04. The van der Waals surface area contributed by atoms with Gasteiger partial charge in [-0.2, -0.15) is 5.10 Å². The summed E-state index contributed by atoms with van der Waals surface area (Å²) in [7, 11) is 0. The third kappa shape index (κ3) is 3.18. The summed E-state index contributed by atoms with van der Waals surface area (Å²) in [6, 6.07) is 15.7. The number of aromatic amines is 1. The van der Waals surface area contributed by atoms with Crippen LogP contribution >= 0.6 is 0 Å². The van der Waals surface area contributed by atoms with E-state index < -0.39 is 0 Å². The van der Waals surface area contributed by atoms with Gasteiger partial charge in [0, 0.05) is 31.4 Å². The summed E-state index contributed by atoms with van der Waals surface area (Å²) < 4.78 is 0. The zero-order valence-corrected chi connectivity index (χ0v) is 14.4. The van der Waals surface area contributed by atoms with Gasteiger partial charge in [0.05, 0.1) is 5.52 Å². The molecule has 6 nitrogen and oxygen atoms in total. The molecule has 0 saturated heterocycles. The Morgan fingerprint density at radius 3 is 2.73 bits per heavy atom. The first kappa shape index (κ1) is 16.3. The molecule has 0 saturated carbocycles. The number of amides is 2. The van der Waals surface area contributed by atoms with Crippen molar-refractivity contribution < 1.29 is 9.59 Å². The monoisotopic (exact) mass is 348 g/mol. The number of nitrogens with one attached hydrogen (secondary N) is 2. The van der Waals surface area contributed by atoms with Gasteiger partial charge in [-0.3, -0.25) is 14.7 Å². The van der Waals surface area contributed by atoms with Crippen LogP contribution in [0.15, 0.2) is 48.5 Å². The number of rotatable bonds is 4. The second kappa shape index (κ2) is 7.00. The zero-order chi connectivity index (χ0) is 17.9. The highest BCUT2D eigenvalue weighted by atomic mass is 16.2. The highest BCUT2D eigenvalue weighted by Gasteiger charge is 2.20. The molecule has 0 bridgehead atoms. The van der Waals surface area contributed by atoms with Gasteiger partial charge in [-0.15, -0.1) is 0 Å². The number of hydrogen-bond donors (Lipinski definition) is 2. The first-order valence-corrected chi connectivity index (χ1v) is 8.78. The molecule has 2 N–H and O–H groups in total. The van der Waals surface area contributed by atoms with E-state index in [0.29, 0.717) is 18.8 Å². The maximum Gasteiger partial charge on any atom is 0.272 e. The van der Waals surface area contributed by atoms with Gasteiger partial charge in [-0.25, -0.2) is 0 Å². The van der Waals surface area contributed by atoms with Gasteiger partial charge in [0.15, 0.2) is 5.69 Å². The van der Waals surface area contributed by atoms with E-state index in [1.54, 1.807) is 0 Å². The number of H-pyrrole nitrogens is 1. The fraction of sp³-hybridized carbons (Fsp3) is 0.250. The average molecular weight is 348 g/mol. The zero-order valence-electron chi connectivity index (χ0n) is 14.4. The van der Waals surface area contributed by atoms with E-state index in [2.05, 4.69) is 27.6 Å². The molecular formula is C20H20N4O2. The molecule has 1 aliphatic rings. The minimum absolute atomic E-state index is 0.0617. The maximum absolute atomic E-state index is 12.4. The summed E-state index contributed by atoms with van der Waals surface area (Å²) in [4.78, 5) is 26.6. The van der Waals surface area contributed by atoms with Crippen molar-refractivity contribution in [1.82, 2.24) is 20.4 Å². The van der Waals surface area contributed by atoms with Crippen molar-refractivity contribution in [1.29, 1.82) is 0 Å². The normalized spacial score (nSPS) is 13.5. The molecule has 4 rings (SSSR count). The number of benzene rings is 2. The Bertz CT molecular complexity index is 963.